The lowest BCUT2D eigenvalue weighted by molar-refractivity contribution is -0.142. The number of phenolic OH excluding ortho intramolecular Hbond substituents is 1. The molecule has 0 saturated carbocycles. The number of aryl methyl sites for hydroxylation is 1. The quantitative estimate of drug-likeness (QED) is 0.876. The average Bonchev–Trinajstić information content (AvgIpc) is 2.69. The number of hydrogen-bond acceptors (Lipinski definition) is 2. The van der Waals surface area contributed by atoms with Crippen LogP contribution in [0.4, 0.5) is 0 Å². The van der Waals surface area contributed by atoms with Crippen molar-refractivity contribution in [2.45, 2.75) is 32.7 Å². The largest absolute Gasteiger partial charge is 0.507 e. The second kappa shape index (κ2) is 4.05. The van der Waals surface area contributed by atoms with E-state index in [1.807, 2.05) is 23.8 Å². The summed E-state index contributed by atoms with van der Waals surface area (Å²) < 4.78 is 1.95. The molecule has 0 spiro atoms. The molecular formula is C14H17NO3. The maximum absolute atomic E-state index is 11.4. The molecule has 1 aromatic heterocycles. The predicted molar refractivity (Wildman–Crippen MR) is 69.9 cm³/mol. The minimum absolute atomic E-state index is 0.129. The molecule has 96 valence electrons. The summed E-state index contributed by atoms with van der Waals surface area (Å²) in [4.78, 5) is 11.4. The maximum Gasteiger partial charge on any atom is 0.313 e. The summed E-state index contributed by atoms with van der Waals surface area (Å²) in [5.74, 6) is -0.773. The molecule has 0 radical (unpaired) electrons. The third kappa shape index (κ3) is 1.65. The Morgan fingerprint density at radius 2 is 2.06 bits per heavy atom. The molecule has 0 unspecified atom stereocenters. The highest BCUT2D eigenvalue weighted by Gasteiger charge is 2.33. The van der Waals surface area contributed by atoms with E-state index in [4.69, 9.17) is 0 Å². The van der Waals surface area contributed by atoms with Gasteiger partial charge in [-0.1, -0.05) is 6.07 Å². The summed E-state index contributed by atoms with van der Waals surface area (Å²) in [5, 5.41) is 20.0. The molecular weight excluding hydrogens is 230 g/mol. The predicted octanol–water partition coefficient (Wildman–Crippen LogP) is 2.73. The zero-order valence-corrected chi connectivity index (χ0v) is 10.8. The van der Waals surface area contributed by atoms with Crippen molar-refractivity contribution in [3.8, 4) is 5.75 Å². The topological polar surface area (TPSA) is 62.5 Å². The van der Waals surface area contributed by atoms with Gasteiger partial charge < -0.3 is 14.8 Å². The molecule has 2 aromatic rings. The molecule has 0 saturated heterocycles. The molecule has 0 aliphatic rings. The lowest BCUT2D eigenvalue weighted by Crippen LogP contribution is -2.28. The van der Waals surface area contributed by atoms with E-state index >= 15 is 0 Å². The first-order chi connectivity index (χ1) is 8.39. The fourth-order valence-corrected chi connectivity index (χ4v) is 2.18. The highest BCUT2D eigenvalue weighted by molar-refractivity contribution is 5.95. The molecule has 18 heavy (non-hydrogen) atoms. The molecule has 2 N–H and O–H groups in total. The van der Waals surface area contributed by atoms with Crippen LogP contribution in [0.1, 0.15) is 26.3 Å². The van der Waals surface area contributed by atoms with Gasteiger partial charge in [-0.15, -0.1) is 0 Å². The second-order valence-electron chi connectivity index (χ2n) is 4.93. The van der Waals surface area contributed by atoms with Crippen molar-refractivity contribution in [3.63, 3.8) is 0 Å². The zero-order valence-electron chi connectivity index (χ0n) is 10.8. The number of carboxylic acid groups (broad SMARTS) is 1. The Bertz CT molecular complexity index is 611. The van der Waals surface area contributed by atoms with Crippen LogP contribution in [0.25, 0.3) is 10.9 Å². The van der Waals surface area contributed by atoms with Gasteiger partial charge in [0.15, 0.2) is 0 Å². The van der Waals surface area contributed by atoms with E-state index in [-0.39, 0.29) is 5.75 Å². The maximum atomic E-state index is 11.4. The Morgan fingerprint density at radius 1 is 1.39 bits per heavy atom. The molecule has 0 aliphatic heterocycles. The van der Waals surface area contributed by atoms with Crippen molar-refractivity contribution in [1.82, 2.24) is 4.57 Å². The Morgan fingerprint density at radius 3 is 2.61 bits per heavy atom. The summed E-state index contributed by atoms with van der Waals surface area (Å²) in [5.41, 5.74) is 0.476. The Balaban J connectivity index is 2.84. The molecule has 0 amide bonds. The summed E-state index contributed by atoms with van der Waals surface area (Å²) in [6.07, 6.45) is 1.82. The van der Waals surface area contributed by atoms with Gasteiger partial charge in [-0.25, -0.2) is 0 Å². The average molecular weight is 247 g/mol. The van der Waals surface area contributed by atoms with Crippen molar-refractivity contribution in [2.75, 3.05) is 0 Å². The number of nitrogens with zero attached hydrogens (tertiary/aromatic N) is 1. The van der Waals surface area contributed by atoms with Gasteiger partial charge in [-0.05, 0) is 38.5 Å². The fraction of sp³-hybridized carbons (Fsp3) is 0.357. The van der Waals surface area contributed by atoms with E-state index in [1.165, 1.54) is 0 Å². The minimum atomic E-state index is -1.03. The van der Waals surface area contributed by atoms with Crippen LogP contribution in [-0.2, 0) is 16.8 Å². The molecule has 2 rings (SSSR count). The normalized spacial score (nSPS) is 11.9. The zero-order chi connectivity index (χ0) is 13.5. The summed E-state index contributed by atoms with van der Waals surface area (Å²) in [7, 11) is 0. The fourth-order valence-electron chi connectivity index (χ4n) is 2.18. The van der Waals surface area contributed by atoms with Gasteiger partial charge >= 0.3 is 5.97 Å². The number of rotatable bonds is 3. The number of phenols is 1. The standard InChI is InChI=1S/C14H17NO3/c1-4-15-8-9(14(2,3)13(17)18)12-10(15)6-5-7-11(12)16/h5-8,16H,4H2,1-3H3,(H,17,18). The SMILES string of the molecule is CCn1cc(C(C)(C)C(=O)O)c2c(O)cccc21. The van der Waals surface area contributed by atoms with Gasteiger partial charge in [-0.3, -0.25) is 4.79 Å². The van der Waals surface area contributed by atoms with Crippen molar-refractivity contribution in [3.05, 3.63) is 30.0 Å². The van der Waals surface area contributed by atoms with E-state index in [1.54, 1.807) is 26.0 Å². The van der Waals surface area contributed by atoms with Crippen LogP contribution in [0.5, 0.6) is 5.75 Å². The van der Waals surface area contributed by atoms with Crippen LogP contribution in [0.2, 0.25) is 0 Å². The van der Waals surface area contributed by atoms with Crippen molar-refractivity contribution in [2.24, 2.45) is 0 Å². The molecule has 1 aromatic carbocycles. The van der Waals surface area contributed by atoms with Gasteiger partial charge in [0, 0.05) is 18.1 Å². The van der Waals surface area contributed by atoms with Crippen molar-refractivity contribution < 1.29 is 15.0 Å². The van der Waals surface area contributed by atoms with E-state index in [9.17, 15) is 15.0 Å². The number of hydrogen-bond donors (Lipinski definition) is 2. The van der Waals surface area contributed by atoms with Gasteiger partial charge in [0.25, 0.3) is 0 Å². The van der Waals surface area contributed by atoms with E-state index in [2.05, 4.69) is 0 Å². The van der Waals surface area contributed by atoms with Gasteiger partial charge in [0.1, 0.15) is 5.75 Å². The van der Waals surface area contributed by atoms with E-state index < -0.39 is 11.4 Å². The first-order valence-corrected chi connectivity index (χ1v) is 5.94. The van der Waals surface area contributed by atoms with E-state index in [0.717, 1.165) is 12.1 Å². The molecule has 0 atom stereocenters. The second-order valence-corrected chi connectivity index (χ2v) is 4.93. The van der Waals surface area contributed by atoms with Crippen LogP contribution >= 0.6 is 0 Å². The van der Waals surface area contributed by atoms with Gasteiger partial charge in [0.05, 0.1) is 10.9 Å². The summed E-state index contributed by atoms with van der Waals surface area (Å²) in [6, 6.07) is 5.24. The summed E-state index contributed by atoms with van der Waals surface area (Å²) >= 11 is 0. The lowest BCUT2D eigenvalue weighted by atomic mass is 9.84. The van der Waals surface area contributed by atoms with Crippen LogP contribution in [0.3, 0.4) is 0 Å². The number of benzene rings is 1. The highest BCUT2D eigenvalue weighted by Crippen LogP contribution is 2.37. The first-order valence-electron chi connectivity index (χ1n) is 5.94. The van der Waals surface area contributed by atoms with Crippen LogP contribution in [0.15, 0.2) is 24.4 Å². The van der Waals surface area contributed by atoms with Crippen LogP contribution < -0.4 is 0 Å². The number of aliphatic carboxylic acids is 1. The molecule has 0 aliphatic carbocycles. The van der Waals surface area contributed by atoms with Crippen molar-refractivity contribution in [1.29, 1.82) is 0 Å². The minimum Gasteiger partial charge on any atom is -0.507 e. The number of aromatic hydroxyl groups is 1. The smallest absolute Gasteiger partial charge is 0.313 e. The molecule has 1 heterocycles. The number of carboxylic acids is 1. The number of aromatic nitrogens is 1. The Kier molecular flexibility index (Phi) is 2.81. The third-order valence-electron chi connectivity index (χ3n) is 3.43. The third-order valence-corrected chi connectivity index (χ3v) is 3.43. The molecule has 0 bridgehead atoms. The highest BCUT2D eigenvalue weighted by atomic mass is 16.4. The van der Waals surface area contributed by atoms with Crippen LogP contribution in [0, 0.1) is 0 Å². The molecule has 0 fully saturated rings. The van der Waals surface area contributed by atoms with Crippen LogP contribution in [-0.4, -0.2) is 20.7 Å². The summed E-state index contributed by atoms with van der Waals surface area (Å²) in [6.45, 7) is 6.02. The first kappa shape index (κ1) is 12.5. The van der Waals surface area contributed by atoms with Crippen molar-refractivity contribution >= 4 is 16.9 Å². The number of fused-ring (bicyclic) bond motifs is 1. The number of carbonyl (C=O) groups is 1. The Hall–Kier alpha value is -1.97. The monoisotopic (exact) mass is 247 g/mol. The lowest BCUT2D eigenvalue weighted by Gasteiger charge is -2.18. The van der Waals surface area contributed by atoms with Gasteiger partial charge in [0.2, 0.25) is 0 Å². The molecule has 4 nitrogen and oxygen atoms in total. The van der Waals surface area contributed by atoms with Gasteiger partial charge in [-0.2, -0.15) is 0 Å². The molecule has 4 heteroatoms. The van der Waals surface area contributed by atoms with E-state index in [0.29, 0.717) is 10.9 Å². The Labute approximate surface area is 105 Å².